The van der Waals surface area contributed by atoms with Gasteiger partial charge in [-0.25, -0.2) is 0 Å². The zero-order chi connectivity index (χ0) is 25.3. The van der Waals surface area contributed by atoms with Gasteiger partial charge in [-0.15, -0.1) is 0 Å². The molecule has 0 unspecified atom stereocenters. The van der Waals surface area contributed by atoms with E-state index in [1.165, 1.54) is 0 Å². The monoisotopic (exact) mass is 489 g/mol. The predicted molar refractivity (Wildman–Crippen MR) is 139 cm³/mol. The number of ether oxygens (including phenoxy) is 3. The van der Waals surface area contributed by atoms with Crippen LogP contribution in [0.25, 0.3) is 0 Å². The largest absolute Gasteiger partial charge is 0.492 e. The van der Waals surface area contributed by atoms with Crippen LogP contribution in [0.1, 0.15) is 29.8 Å². The molecule has 3 aromatic carbocycles. The summed E-state index contributed by atoms with van der Waals surface area (Å²) >= 11 is 0. The zero-order valence-electron chi connectivity index (χ0n) is 20.6. The van der Waals surface area contributed by atoms with E-state index in [2.05, 4.69) is 10.6 Å². The Labute approximate surface area is 211 Å². The Morgan fingerprint density at radius 2 is 1.53 bits per heavy atom. The van der Waals surface area contributed by atoms with E-state index in [9.17, 15) is 9.59 Å². The summed E-state index contributed by atoms with van der Waals surface area (Å²) < 4.78 is 17.4. The van der Waals surface area contributed by atoms with Crippen molar-refractivity contribution >= 4 is 23.2 Å². The van der Waals surface area contributed by atoms with Crippen LogP contribution in [-0.4, -0.2) is 49.6 Å². The number of benzene rings is 3. The van der Waals surface area contributed by atoms with Gasteiger partial charge in [-0.1, -0.05) is 36.4 Å². The Kier molecular flexibility index (Phi) is 8.41. The molecule has 0 fully saturated rings. The van der Waals surface area contributed by atoms with E-state index in [4.69, 9.17) is 14.2 Å². The van der Waals surface area contributed by atoms with Crippen LogP contribution in [0.4, 0.5) is 11.4 Å². The van der Waals surface area contributed by atoms with Gasteiger partial charge in [-0.05, 0) is 32.0 Å². The third-order valence-corrected chi connectivity index (χ3v) is 5.64. The smallest absolute Gasteiger partial charge is 0.255 e. The Bertz CT molecular complexity index is 1200. The number of nitrogens with zero attached hydrogens (tertiary/aromatic N) is 1. The second-order valence-electron chi connectivity index (χ2n) is 8.25. The maximum atomic E-state index is 13.0. The molecule has 2 amide bonds. The van der Waals surface area contributed by atoms with Gasteiger partial charge in [0.25, 0.3) is 5.91 Å². The molecule has 0 spiro atoms. The lowest BCUT2D eigenvalue weighted by Gasteiger charge is -2.21. The highest BCUT2D eigenvalue weighted by Gasteiger charge is 2.20. The lowest BCUT2D eigenvalue weighted by atomic mass is 10.2. The SMILES string of the molecule is CCOc1cc(NC(=O)c2ccccc2)c(OCC)cc1NC(=O)CN1CCOc2ccccc2C1. The number of hydrogen-bond donors (Lipinski definition) is 2. The summed E-state index contributed by atoms with van der Waals surface area (Å²) in [6.07, 6.45) is 0. The average Bonchev–Trinajstić information content (AvgIpc) is 3.08. The van der Waals surface area contributed by atoms with Crippen molar-refractivity contribution in [2.24, 2.45) is 0 Å². The molecular weight excluding hydrogens is 458 g/mol. The summed E-state index contributed by atoms with van der Waals surface area (Å²) in [6, 6.07) is 20.2. The fourth-order valence-corrected chi connectivity index (χ4v) is 4.00. The predicted octanol–water partition coefficient (Wildman–Crippen LogP) is 4.57. The number of para-hydroxylation sites is 1. The van der Waals surface area contributed by atoms with E-state index in [1.54, 1.807) is 36.4 Å². The zero-order valence-corrected chi connectivity index (χ0v) is 20.6. The van der Waals surface area contributed by atoms with E-state index in [0.717, 1.165) is 11.3 Å². The van der Waals surface area contributed by atoms with Crippen LogP contribution in [0.15, 0.2) is 66.7 Å². The Hall–Kier alpha value is -4.04. The highest BCUT2D eigenvalue weighted by Crippen LogP contribution is 2.37. The maximum absolute atomic E-state index is 13.0. The molecule has 1 aliphatic rings. The number of fused-ring (bicyclic) bond motifs is 1. The third kappa shape index (κ3) is 6.34. The number of hydrogen-bond acceptors (Lipinski definition) is 6. The second kappa shape index (κ2) is 12.1. The molecule has 1 heterocycles. The summed E-state index contributed by atoms with van der Waals surface area (Å²) in [5.41, 5.74) is 2.52. The molecule has 0 bridgehead atoms. The molecule has 188 valence electrons. The Balaban J connectivity index is 1.51. The van der Waals surface area contributed by atoms with E-state index in [-0.39, 0.29) is 18.4 Å². The second-order valence-corrected chi connectivity index (χ2v) is 8.25. The van der Waals surface area contributed by atoms with Gasteiger partial charge in [0.05, 0.1) is 31.1 Å². The summed E-state index contributed by atoms with van der Waals surface area (Å²) in [6.45, 7) is 6.46. The molecule has 8 heteroatoms. The van der Waals surface area contributed by atoms with Crippen molar-refractivity contribution in [1.29, 1.82) is 0 Å². The van der Waals surface area contributed by atoms with Crippen molar-refractivity contribution in [1.82, 2.24) is 4.90 Å². The van der Waals surface area contributed by atoms with Crippen LogP contribution in [0.2, 0.25) is 0 Å². The average molecular weight is 490 g/mol. The number of anilines is 2. The number of amides is 2. The van der Waals surface area contributed by atoms with E-state index in [1.807, 2.05) is 49.1 Å². The quantitative estimate of drug-likeness (QED) is 0.458. The molecule has 1 aliphatic heterocycles. The van der Waals surface area contributed by atoms with Gasteiger partial charge >= 0.3 is 0 Å². The van der Waals surface area contributed by atoms with Crippen LogP contribution in [0, 0.1) is 0 Å². The topological polar surface area (TPSA) is 89.1 Å². The molecule has 0 saturated carbocycles. The Morgan fingerprint density at radius 3 is 2.22 bits per heavy atom. The fourth-order valence-electron chi connectivity index (χ4n) is 4.00. The van der Waals surface area contributed by atoms with Crippen molar-refractivity contribution in [2.45, 2.75) is 20.4 Å². The molecule has 8 nitrogen and oxygen atoms in total. The fraction of sp³-hybridized carbons (Fsp3) is 0.286. The molecule has 4 rings (SSSR count). The van der Waals surface area contributed by atoms with Crippen molar-refractivity contribution in [3.8, 4) is 17.2 Å². The molecule has 36 heavy (non-hydrogen) atoms. The summed E-state index contributed by atoms with van der Waals surface area (Å²) in [4.78, 5) is 27.8. The molecule has 0 radical (unpaired) electrons. The van der Waals surface area contributed by atoms with Crippen molar-refractivity contribution in [3.05, 3.63) is 77.9 Å². The van der Waals surface area contributed by atoms with E-state index < -0.39 is 0 Å². The minimum Gasteiger partial charge on any atom is -0.492 e. The molecule has 3 aromatic rings. The Morgan fingerprint density at radius 1 is 0.889 bits per heavy atom. The van der Waals surface area contributed by atoms with Gasteiger partial charge in [0, 0.05) is 36.3 Å². The molecule has 0 aliphatic carbocycles. The molecule has 0 aromatic heterocycles. The third-order valence-electron chi connectivity index (χ3n) is 5.64. The van der Waals surface area contributed by atoms with Crippen molar-refractivity contribution in [3.63, 3.8) is 0 Å². The number of rotatable bonds is 9. The van der Waals surface area contributed by atoms with Gasteiger partial charge in [-0.3, -0.25) is 14.5 Å². The van der Waals surface area contributed by atoms with Crippen LogP contribution >= 0.6 is 0 Å². The summed E-state index contributed by atoms with van der Waals surface area (Å²) in [5, 5.41) is 5.85. The molecular formula is C28H31N3O5. The van der Waals surface area contributed by atoms with Gasteiger partial charge < -0.3 is 24.8 Å². The number of nitrogens with one attached hydrogen (secondary N) is 2. The van der Waals surface area contributed by atoms with Crippen molar-refractivity contribution < 1.29 is 23.8 Å². The van der Waals surface area contributed by atoms with Gasteiger partial charge in [0.15, 0.2) is 0 Å². The van der Waals surface area contributed by atoms with Crippen LogP contribution in [0.3, 0.4) is 0 Å². The van der Waals surface area contributed by atoms with Crippen LogP contribution in [0.5, 0.6) is 17.2 Å². The van der Waals surface area contributed by atoms with Gasteiger partial charge in [0.2, 0.25) is 5.91 Å². The highest BCUT2D eigenvalue weighted by molar-refractivity contribution is 6.05. The first-order valence-electron chi connectivity index (χ1n) is 12.1. The first-order chi connectivity index (χ1) is 17.6. The minimum absolute atomic E-state index is 0.182. The normalized spacial score (nSPS) is 13.1. The summed E-state index contributed by atoms with van der Waals surface area (Å²) in [5.74, 6) is 1.30. The standard InChI is InChI=1S/C28H31N3O5/c1-3-34-25-17-23(30-28(33)20-10-6-5-7-11-20)26(35-4-2)16-22(25)29-27(32)19-31-14-15-36-24-13-9-8-12-21(24)18-31/h5-13,16-17H,3-4,14-15,18-19H2,1-2H3,(H,29,32)(H,30,33). The van der Waals surface area contributed by atoms with E-state index >= 15 is 0 Å². The number of carbonyl (C=O) groups is 2. The summed E-state index contributed by atoms with van der Waals surface area (Å²) in [7, 11) is 0. The van der Waals surface area contributed by atoms with Gasteiger partial charge in [-0.2, -0.15) is 0 Å². The molecule has 2 N–H and O–H groups in total. The molecule has 0 atom stereocenters. The van der Waals surface area contributed by atoms with Crippen molar-refractivity contribution in [2.75, 3.05) is 43.5 Å². The van der Waals surface area contributed by atoms with Crippen LogP contribution < -0.4 is 24.8 Å². The lowest BCUT2D eigenvalue weighted by Crippen LogP contribution is -2.34. The maximum Gasteiger partial charge on any atom is 0.255 e. The number of carbonyl (C=O) groups excluding carboxylic acids is 2. The molecule has 0 saturated heterocycles. The minimum atomic E-state index is -0.264. The van der Waals surface area contributed by atoms with E-state index in [0.29, 0.717) is 61.3 Å². The first-order valence-corrected chi connectivity index (χ1v) is 12.1. The van der Waals surface area contributed by atoms with Gasteiger partial charge in [0.1, 0.15) is 23.9 Å². The highest BCUT2D eigenvalue weighted by atomic mass is 16.5. The van der Waals surface area contributed by atoms with Crippen LogP contribution in [-0.2, 0) is 11.3 Å². The first kappa shape index (κ1) is 25.1. The lowest BCUT2D eigenvalue weighted by molar-refractivity contribution is -0.117.